The molecule has 0 aromatic carbocycles. The quantitative estimate of drug-likeness (QED) is 0.404. The maximum atomic E-state index is 12.5. The Morgan fingerprint density at radius 1 is 1.00 bits per heavy atom. The molecule has 0 aliphatic heterocycles. The zero-order valence-corrected chi connectivity index (χ0v) is 7.02. The van der Waals surface area contributed by atoms with Gasteiger partial charge in [0.15, 0.2) is 0 Å². The van der Waals surface area contributed by atoms with Gasteiger partial charge in [0.1, 0.15) is 0 Å². The van der Waals surface area contributed by atoms with Crippen LogP contribution in [0.15, 0.2) is 12.7 Å². The van der Waals surface area contributed by atoms with E-state index >= 15 is 0 Å². The van der Waals surface area contributed by atoms with Crippen molar-refractivity contribution in [3.63, 3.8) is 0 Å². The van der Waals surface area contributed by atoms with Gasteiger partial charge in [0.25, 0.3) is 5.67 Å². The molecule has 0 aliphatic rings. The Kier molecular flexibility index (Phi) is 2.89. The molecular formula is C5H3BrF6. The normalized spacial score (nSPS) is 18.6. The summed E-state index contributed by atoms with van der Waals surface area (Å²) in [5.41, 5.74) is -4.74. The minimum absolute atomic E-state index is 0.484. The van der Waals surface area contributed by atoms with Crippen molar-refractivity contribution in [3.05, 3.63) is 12.7 Å². The lowest BCUT2D eigenvalue weighted by Gasteiger charge is -2.28. The Hall–Kier alpha value is -0.200. The molecule has 7 heteroatoms. The van der Waals surface area contributed by atoms with Gasteiger partial charge < -0.3 is 0 Å². The van der Waals surface area contributed by atoms with Crippen molar-refractivity contribution in [3.8, 4) is 0 Å². The van der Waals surface area contributed by atoms with Gasteiger partial charge in [-0.3, -0.25) is 0 Å². The number of halogens is 7. The number of alkyl halides is 7. The summed E-state index contributed by atoms with van der Waals surface area (Å²) in [6, 6.07) is 0. The first kappa shape index (κ1) is 11.8. The molecule has 0 N–H and O–H groups in total. The van der Waals surface area contributed by atoms with Gasteiger partial charge in [-0.15, -0.1) is 0 Å². The van der Waals surface area contributed by atoms with Crippen LogP contribution in [0, 0.1) is 0 Å². The smallest absolute Gasteiger partial charge is 0.221 e. The molecule has 12 heavy (non-hydrogen) atoms. The molecule has 72 valence electrons. The summed E-state index contributed by atoms with van der Waals surface area (Å²) in [4.78, 5) is -4.71. The first-order valence-corrected chi connectivity index (χ1v) is 3.31. The van der Waals surface area contributed by atoms with E-state index in [2.05, 4.69) is 6.58 Å². The molecule has 0 saturated heterocycles. The average Bonchev–Trinajstić information content (AvgIpc) is 1.81. The van der Waals surface area contributed by atoms with Crippen LogP contribution < -0.4 is 0 Å². The molecular weight excluding hydrogens is 254 g/mol. The van der Waals surface area contributed by atoms with Gasteiger partial charge in [-0.25, -0.2) is 4.39 Å². The molecule has 0 heterocycles. The molecule has 0 fully saturated rings. The topological polar surface area (TPSA) is 0 Å². The third-order valence-electron chi connectivity index (χ3n) is 1.11. The molecule has 0 aromatic heterocycles. The average molecular weight is 257 g/mol. The number of hydrogen-bond acceptors (Lipinski definition) is 0. The SMILES string of the molecule is C=CC(F)(C(F)(F)F)C(F)(F)Br. The van der Waals surface area contributed by atoms with E-state index in [1.807, 2.05) is 0 Å². The van der Waals surface area contributed by atoms with E-state index in [1.165, 1.54) is 15.9 Å². The fraction of sp³-hybridized carbons (Fsp3) is 0.600. The van der Waals surface area contributed by atoms with Gasteiger partial charge in [0.05, 0.1) is 0 Å². The number of allylic oxidation sites excluding steroid dienone is 1. The number of hydrogen-bond donors (Lipinski definition) is 0. The van der Waals surface area contributed by atoms with Crippen LogP contribution in [0.4, 0.5) is 26.3 Å². The molecule has 0 spiro atoms. The van der Waals surface area contributed by atoms with Crippen LogP contribution in [0.3, 0.4) is 0 Å². The summed E-state index contributed by atoms with van der Waals surface area (Å²) >= 11 is 1.30. The molecule has 1 atom stereocenters. The third-order valence-corrected chi connectivity index (χ3v) is 1.68. The molecule has 0 aliphatic carbocycles. The Bertz CT molecular complexity index is 163. The highest BCUT2D eigenvalue weighted by molar-refractivity contribution is 9.10. The van der Waals surface area contributed by atoms with Crippen LogP contribution in [-0.2, 0) is 0 Å². The fourth-order valence-corrected chi connectivity index (χ4v) is 0.779. The third kappa shape index (κ3) is 1.75. The maximum absolute atomic E-state index is 12.5. The van der Waals surface area contributed by atoms with Crippen molar-refractivity contribution in [1.29, 1.82) is 0 Å². The zero-order chi connectivity index (χ0) is 10.2. The molecule has 0 bridgehead atoms. The Labute approximate surface area is 72.4 Å². The van der Waals surface area contributed by atoms with E-state index < -0.39 is 22.8 Å². The maximum Gasteiger partial charge on any atom is 0.433 e. The zero-order valence-electron chi connectivity index (χ0n) is 5.43. The summed E-state index contributed by atoms with van der Waals surface area (Å²) in [6.45, 7) is 2.36. The monoisotopic (exact) mass is 256 g/mol. The van der Waals surface area contributed by atoms with Crippen LogP contribution in [0.25, 0.3) is 0 Å². The molecule has 0 nitrogen and oxygen atoms in total. The van der Waals surface area contributed by atoms with E-state index in [0.717, 1.165) is 0 Å². The molecule has 0 radical (unpaired) electrons. The summed E-state index contributed by atoms with van der Waals surface area (Å²) in [7, 11) is 0. The van der Waals surface area contributed by atoms with E-state index in [-0.39, 0.29) is 0 Å². The minimum Gasteiger partial charge on any atom is -0.221 e. The molecule has 0 amide bonds. The fourth-order valence-electron chi connectivity index (χ4n) is 0.392. The summed E-state index contributed by atoms with van der Waals surface area (Å²) < 4.78 is 71.5. The second-order valence-corrected chi connectivity index (χ2v) is 2.91. The largest absolute Gasteiger partial charge is 0.433 e. The minimum atomic E-state index is -5.69. The Morgan fingerprint density at radius 2 is 1.33 bits per heavy atom. The lowest BCUT2D eigenvalue weighted by atomic mass is 10.1. The van der Waals surface area contributed by atoms with Crippen molar-refractivity contribution in [2.45, 2.75) is 16.7 Å². The highest BCUT2D eigenvalue weighted by Gasteiger charge is 2.68. The summed E-state index contributed by atoms with van der Waals surface area (Å²) in [5, 5.41) is 0. The predicted molar refractivity (Wildman–Crippen MR) is 34.0 cm³/mol. The summed E-state index contributed by atoms with van der Waals surface area (Å²) in [5.74, 6) is 0. The van der Waals surface area contributed by atoms with Crippen molar-refractivity contribution in [2.24, 2.45) is 0 Å². The van der Waals surface area contributed by atoms with Gasteiger partial charge in [-0.1, -0.05) is 6.58 Å². The predicted octanol–water partition coefficient (Wildman–Crippen LogP) is 3.43. The second kappa shape index (κ2) is 2.93. The second-order valence-electron chi connectivity index (χ2n) is 1.91. The lowest BCUT2D eigenvalue weighted by molar-refractivity contribution is -0.254. The van der Waals surface area contributed by atoms with Gasteiger partial charge in [0, 0.05) is 0 Å². The van der Waals surface area contributed by atoms with E-state index in [1.54, 1.807) is 0 Å². The van der Waals surface area contributed by atoms with Crippen molar-refractivity contribution >= 4 is 15.9 Å². The van der Waals surface area contributed by atoms with Gasteiger partial charge in [-0.05, 0) is 22.0 Å². The molecule has 0 aromatic rings. The van der Waals surface area contributed by atoms with Crippen LogP contribution >= 0.6 is 15.9 Å². The summed E-state index contributed by atoms with van der Waals surface area (Å²) in [6.07, 6.45) is -6.18. The standard InChI is InChI=1S/C5H3BrF6/c1-2-3(7,4(6,8)9)5(10,11)12/h2H,1H2. The molecule has 0 saturated carbocycles. The lowest BCUT2D eigenvalue weighted by Crippen LogP contribution is -2.50. The highest BCUT2D eigenvalue weighted by atomic mass is 79.9. The molecule has 1 unspecified atom stereocenters. The van der Waals surface area contributed by atoms with Gasteiger partial charge >= 0.3 is 11.0 Å². The Morgan fingerprint density at radius 3 is 1.33 bits per heavy atom. The Balaban J connectivity index is 5.09. The van der Waals surface area contributed by atoms with Crippen molar-refractivity contribution in [2.75, 3.05) is 0 Å². The van der Waals surface area contributed by atoms with Crippen LogP contribution in [0.1, 0.15) is 0 Å². The first-order chi connectivity index (χ1) is 5.06. The van der Waals surface area contributed by atoms with Crippen molar-refractivity contribution in [1.82, 2.24) is 0 Å². The van der Waals surface area contributed by atoms with Gasteiger partial charge in [-0.2, -0.15) is 22.0 Å². The molecule has 0 rings (SSSR count). The van der Waals surface area contributed by atoms with Crippen LogP contribution in [0.2, 0.25) is 0 Å². The van der Waals surface area contributed by atoms with Crippen LogP contribution in [0.5, 0.6) is 0 Å². The number of rotatable bonds is 2. The van der Waals surface area contributed by atoms with E-state index in [0.29, 0.717) is 0 Å². The van der Waals surface area contributed by atoms with Crippen molar-refractivity contribution < 1.29 is 26.3 Å². The first-order valence-electron chi connectivity index (χ1n) is 2.52. The highest BCUT2D eigenvalue weighted by Crippen LogP contribution is 2.49. The van der Waals surface area contributed by atoms with E-state index in [9.17, 15) is 26.3 Å². The van der Waals surface area contributed by atoms with E-state index in [4.69, 9.17) is 0 Å². The van der Waals surface area contributed by atoms with Gasteiger partial charge in [0.2, 0.25) is 0 Å². The van der Waals surface area contributed by atoms with Crippen LogP contribution in [-0.4, -0.2) is 16.7 Å².